The number of carbonyl (C=O) groups excluding carboxylic acids is 1. The van der Waals surface area contributed by atoms with Crippen molar-refractivity contribution >= 4 is 11.5 Å². The molecule has 4 nitrogen and oxygen atoms in total. The van der Waals surface area contributed by atoms with E-state index in [0.29, 0.717) is 13.3 Å². The van der Waals surface area contributed by atoms with E-state index in [4.69, 9.17) is 4.74 Å². The largest absolute Gasteiger partial charge is 0.356 e. The summed E-state index contributed by atoms with van der Waals surface area (Å²) in [5, 5.41) is 0. The second-order valence-corrected chi connectivity index (χ2v) is 4.37. The van der Waals surface area contributed by atoms with Crippen LogP contribution in [0.5, 0.6) is 0 Å². The van der Waals surface area contributed by atoms with Crippen LogP contribution in [-0.4, -0.2) is 23.5 Å². The molecule has 0 saturated carbocycles. The third-order valence-corrected chi connectivity index (χ3v) is 3.08. The highest BCUT2D eigenvalue weighted by molar-refractivity contribution is 5.85. The average molecular weight is 234 g/mol. The van der Waals surface area contributed by atoms with Crippen molar-refractivity contribution in [3.8, 4) is 0 Å². The number of hydrogen-bond donors (Lipinski definition) is 0. The van der Waals surface area contributed by atoms with E-state index in [0.717, 1.165) is 24.1 Å². The number of anilines is 1. The van der Waals surface area contributed by atoms with Crippen molar-refractivity contribution < 1.29 is 9.53 Å². The maximum atomic E-state index is 11.7. The Bertz CT molecular complexity index is 406. The Kier molecular flexibility index (Phi) is 3.74. The predicted molar refractivity (Wildman–Crippen MR) is 65.7 cm³/mol. The van der Waals surface area contributed by atoms with Gasteiger partial charge in [-0.25, -0.2) is 0 Å². The summed E-state index contributed by atoms with van der Waals surface area (Å²) < 4.78 is 5.52. The Morgan fingerprint density at radius 3 is 3.18 bits per heavy atom. The summed E-state index contributed by atoms with van der Waals surface area (Å²) in [5.74, 6) is 0.195. The van der Waals surface area contributed by atoms with Gasteiger partial charge in [0.15, 0.2) is 5.78 Å². The fourth-order valence-electron chi connectivity index (χ4n) is 2.24. The Morgan fingerprint density at radius 2 is 2.47 bits per heavy atom. The number of pyridine rings is 1. The number of fused-ring (bicyclic) bond motifs is 1. The van der Waals surface area contributed by atoms with Crippen LogP contribution in [0, 0.1) is 0 Å². The first-order valence-electron chi connectivity index (χ1n) is 6.01. The van der Waals surface area contributed by atoms with E-state index in [-0.39, 0.29) is 11.8 Å². The van der Waals surface area contributed by atoms with Gasteiger partial charge in [-0.2, -0.15) is 0 Å². The van der Waals surface area contributed by atoms with Crippen LogP contribution >= 0.6 is 0 Å². The number of rotatable bonds is 4. The molecule has 4 heteroatoms. The molecular formula is C13H18N2O2. The molecule has 0 N–H and O–H groups in total. The maximum absolute atomic E-state index is 11.7. The van der Waals surface area contributed by atoms with Crippen molar-refractivity contribution in [1.82, 2.24) is 4.98 Å². The first-order valence-corrected chi connectivity index (χ1v) is 6.01. The maximum Gasteiger partial charge on any atom is 0.152 e. The normalized spacial score (nSPS) is 16.5. The zero-order chi connectivity index (χ0) is 12.3. The molecule has 1 aromatic rings. The van der Waals surface area contributed by atoms with E-state index in [1.165, 1.54) is 0 Å². The molecule has 0 aromatic carbocycles. The van der Waals surface area contributed by atoms with Gasteiger partial charge in [0, 0.05) is 23.6 Å². The molecule has 0 aliphatic carbocycles. The molecular weight excluding hydrogens is 216 g/mol. The van der Waals surface area contributed by atoms with Crippen LogP contribution in [0.3, 0.4) is 0 Å². The summed E-state index contributed by atoms with van der Waals surface area (Å²) in [6.07, 6.45) is 5.42. The summed E-state index contributed by atoms with van der Waals surface area (Å²) in [4.78, 5) is 17.9. The van der Waals surface area contributed by atoms with Gasteiger partial charge in [-0.05, 0) is 19.4 Å². The number of nitrogens with zero attached hydrogens (tertiary/aromatic N) is 2. The molecule has 17 heavy (non-hydrogen) atoms. The molecule has 2 heterocycles. The highest BCUT2D eigenvalue weighted by Gasteiger charge is 2.26. The molecule has 0 amide bonds. The zero-order valence-corrected chi connectivity index (χ0v) is 10.3. The van der Waals surface area contributed by atoms with Crippen molar-refractivity contribution in [3.05, 3.63) is 24.0 Å². The van der Waals surface area contributed by atoms with Gasteiger partial charge < -0.3 is 9.64 Å². The van der Waals surface area contributed by atoms with E-state index in [2.05, 4.69) is 11.9 Å². The Morgan fingerprint density at radius 1 is 1.65 bits per heavy atom. The number of aromatic nitrogens is 1. The SMILES string of the molecule is CCCC(C(C)=O)N1COCc2cnccc21. The van der Waals surface area contributed by atoms with E-state index in [1.54, 1.807) is 13.1 Å². The Balaban J connectivity index is 2.30. The van der Waals surface area contributed by atoms with Gasteiger partial charge in [-0.15, -0.1) is 0 Å². The molecule has 0 saturated heterocycles. The second-order valence-electron chi connectivity index (χ2n) is 4.37. The molecule has 0 fully saturated rings. The van der Waals surface area contributed by atoms with Gasteiger partial charge in [-0.1, -0.05) is 13.3 Å². The monoisotopic (exact) mass is 234 g/mol. The lowest BCUT2D eigenvalue weighted by atomic mass is 10.0. The standard InChI is InChI=1S/C13H18N2O2/c1-3-4-12(10(2)16)15-9-17-8-11-7-14-6-5-13(11)15/h5-7,12H,3-4,8-9H2,1-2H3. The summed E-state index contributed by atoms with van der Waals surface area (Å²) in [6.45, 7) is 4.81. The molecule has 0 radical (unpaired) electrons. The van der Waals surface area contributed by atoms with E-state index >= 15 is 0 Å². The third-order valence-electron chi connectivity index (χ3n) is 3.08. The van der Waals surface area contributed by atoms with Gasteiger partial charge in [-0.3, -0.25) is 9.78 Å². The minimum absolute atomic E-state index is 0.0820. The summed E-state index contributed by atoms with van der Waals surface area (Å²) in [7, 11) is 0. The number of hydrogen-bond acceptors (Lipinski definition) is 4. The molecule has 1 aromatic heterocycles. The molecule has 1 aliphatic heterocycles. The van der Waals surface area contributed by atoms with Crippen molar-refractivity contribution in [3.63, 3.8) is 0 Å². The van der Waals surface area contributed by atoms with E-state index in [1.807, 2.05) is 17.2 Å². The number of ether oxygens (including phenoxy) is 1. The van der Waals surface area contributed by atoms with Crippen molar-refractivity contribution in [2.75, 3.05) is 11.6 Å². The van der Waals surface area contributed by atoms with E-state index in [9.17, 15) is 4.79 Å². The highest BCUT2D eigenvalue weighted by Crippen LogP contribution is 2.28. The van der Waals surface area contributed by atoms with E-state index < -0.39 is 0 Å². The van der Waals surface area contributed by atoms with Crippen LogP contribution in [0.15, 0.2) is 18.5 Å². The lowest BCUT2D eigenvalue weighted by Crippen LogP contribution is -2.44. The van der Waals surface area contributed by atoms with Crippen LogP contribution in [0.4, 0.5) is 5.69 Å². The minimum Gasteiger partial charge on any atom is -0.356 e. The zero-order valence-electron chi connectivity index (χ0n) is 10.3. The third kappa shape index (κ3) is 2.47. The van der Waals surface area contributed by atoms with Crippen molar-refractivity contribution in [2.24, 2.45) is 0 Å². The lowest BCUT2D eigenvalue weighted by Gasteiger charge is -2.36. The second kappa shape index (κ2) is 5.27. The first-order chi connectivity index (χ1) is 8.24. The van der Waals surface area contributed by atoms with Crippen LogP contribution in [-0.2, 0) is 16.1 Å². The van der Waals surface area contributed by atoms with Gasteiger partial charge in [0.1, 0.15) is 6.73 Å². The van der Waals surface area contributed by atoms with Crippen LogP contribution in [0.25, 0.3) is 0 Å². The fraction of sp³-hybridized carbons (Fsp3) is 0.538. The lowest BCUT2D eigenvalue weighted by molar-refractivity contribution is -0.118. The van der Waals surface area contributed by atoms with Gasteiger partial charge >= 0.3 is 0 Å². The van der Waals surface area contributed by atoms with Crippen LogP contribution in [0.1, 0.15) is 32.3 Å². The summed E-state index contributed by atoms with van der Waals surface area (Å²) in [5.41, 5.74) is 2.14. The molecule has 1 aliphatic rings. The van der Waals surface area contributed by atoms with Crippen LogP contribution in [0.2, 0.25) is 0 Å². The first kappa shape index (κ1) is 12.0. The topological polar surface area (TPSA) is 42.4 Å². The molecule has 2 rings (SSSR count). The quantitative estimate of drug-likeness (QED) is 0.800. The molecule has 92 valence electrons. The van der Waals surface area contributed by atoms with Crippen molar-refractivity contribution in [2.45, 2.75) is 39.3 Å². The van der Waals surface area contributed by atoms with Gasteiger partial charge in [0.25, 0.3) is 0 Å². The highest BCUT2D eigenvalue weighted by atomic mass is 16.5. The minimum atomic E-state index is -0.0820. The van der Waals surface area contributed by atoms with Gasteiger partial charge in [0.05, 0.1) is 12.6 Å². The molecule has 0 bridgehead atoms. The summed E-state index contributed by atoms with van der Waals surface area (Å²) >= 11 is 0. The average Bonchev–Trinajstić information content (AvgIpc) is 2.35. The summed E-state index contributed by atoms with van der Waals surface area (Å²) in [6, 6.07) is 1.88. The van der Waals surface area contributed by atoms with Crippen molar-refractivity contribution in [1.29, 1.82) is 0 Å². The van der Waals surface area contributed by atoms with Crippen LogP contribution < -0.4 is 4.90 Å². The van der Waals surface area contributed by atoms with Gasteiger partial charge in [0.2, 0.25) is 0 Å². The number of Topliss-reactive ketones (excluding diaryl/α,β-unsaturated/α-hetero) is 1. The number of carbonyl (C=O) groups is 1. The Labute approximate surface area is 102 Å². The number of ketones is 1. The smallest absolute Gasteiger partial charge is 0.152 e. The molecule has 1 unspecified atom stereocenters. The predicted octanol–water partition coefficient (Wildman–Crippen LogP) is 2.13. The molecule has 1 atom stereocenters. The molecule has 0 spiro atoms. The Hall–Kier alpha value is -1.42. The fourth-order valence-corrected chi connectivity index (χ4v) is 2.24.